The molecule has 0 N–H and O–H groups in total. The molecule has 98 valence electrons. The Labute approximate surface area is 107 Å². The van der Waals surface area contributed by atoms with E-state index in [-0.39, 0.29) is 24.5 Å². The molecule has 0 radical (unpaired) electrons. The van der Waals surface area contributed by atoms with Gasteiger partial charge in [-0.15, -0.1) is 11.6 Å². The summed E-state index contributed by atoms with van der Waals surface area (Å²) in [4.78, 5) is 25.0. The molecular weight excluding hydrogens is 242 g/mol. The van der Waals surface area contributed by atoms with E-state index >= 15 is 0 Å². The standard InChI is InChI=1S/C12H20ClNO3/c1-2-17-12(16)9-14(10-6-7-10)11(15)5-3-4-8-13/h10H,2-9H2,1H3. The number of unbranched alkanes of at least 4 members (excludes halogenated alkanes) is 1. The van der Waals surface area contributed by atoms with E-state index in [1.165, 1.54) is 0 Å². The topological polar surface area (TPSA) is 46.6 Å². The van der Waals surface area contributed by atoms with Gasteiger partial charge in [-0.05, 0) is 32.6 Å². The fourth-order valence-corrected chi connectivity index (χ4v) is 1.86. The Hall–Kier alpha value is -0.770. The van der Waals surface area contributed by atoms with Crippen LogP contribution in [-0.2, 0) is 14.3 Å². The van der Waals surface area contributed by atoms with Gasteiger partial charge in [0, 0.05) is 18.3 Å². The molecule has 0 saturated heterocycles. The number of rotatable bonds is 8. The molecule has 1 saturated carbocycles. The Morgan fingerprint density at radius 2 is 2.06 bits per heavy atom. The summed E-state index contributed by atoms with van der Waals surface area (Å²) in [6, 6.07) is 0.253. The summed E-state index contributed by atoms with van der Waals surface area (Å²) in [5.74, 6) is 0.310. The van der Waals surface area contributed by atoms with Crippen molar-refractivity contribution in [1.29, 1.82) is 0 Å². The number of ether oxygens (including phenoxy) is 1. The van der Waals surface area contributed by atoms with Crippen LogP contribution >= 0.6 is 11.6 Å². The minimum Gasteiger partial charge on any atom is -0.465 e. The maximum Gasteiger partial charge on any atom is 0.325 e. The van der Waals surface area contributed by atoms with Crippen molar-refractivity contribution >= 4 is 23.5 Å². The first kappa shape index (κ1) is 14.3. The average molecular weight is 262 g/mol. The van der Waals surface area contributed by atoms with Gasteiger partial charge in [-0.1, -0.05) is 0 Å². The van der Waals surface area contributed by atoms with E-state index in [1.807, 2.05) is 0 Å². The van der Waals surface area contributed by atoms with Crippen molar-refractivity contribution in [3.8, 4) is 0 Å². The third-order valence-electron chi connectivity index (χ3n) is 2.69. The second kappa shape index (κ2) is 7.54. The van der Waals surface area contributed by atoms with Gasteiger partial charge in [0.25, 0.3) is 0 Å². The largest absolute Gasteiger partial charge is 0.465 e. The molecule has 1 rings (SSSR count). The lowest BCUT2D eigenvalue weighted by molar-refractivity contribution is -0.149. The van der Waals surface area contributed by atoms with Gasteiger partial charge >= 0.3 is 5.97 Å². The lowest BCUT2D eigenvalue weighted by Gasteiger charge is -2.21. The zero-order valence-electron chi connectivity index (χ0n) is 10.3. The van der Waals surface area contributed by atoms with Crippen molar-refractivity contribution < 1.29 is 14.3 Å². The monoisotopic (exact) mass is 261 g/mol. The highest BCUT2D eigenvalue weighted by molar-refractivity contribution is 6.17. The number of carbonyl (C=O) groups is 2. The van der Waals surface area contributed by atoms with Crippen molar-refractivity contribution in [1.82, 2.24) is 4.90 Å². The number of esters is 1. The highest BCUT2D eigenvalue weighted by Crippen LogP contribution is 2.27. The van der Waals surface area contributed by atoms with E-state index in [4.69, 9.17) is 16.3 Å². The molecule has 0 aliphatic heterocycles. The summed E-state index contributed by atoms with van der Waals surface area (Å²) in [5, 5.41) is 0. The van der Waals surface area contributed by atoms with E-state index in [0.717, 1.165) is 25.7 Å². The van der Waals surface area contributed by atoms with E-state index in [9.17, 15) is 9.59 Å². The first-order valence-electron chi connectivity index (χ1n) is 6.20. The number of hydrogen-bond donors (Lipinski definition) is 0. The van der Waals surface area contributed by atoms with Gasteiger partial charge in [-0.3, -0.25) is 9.59 Å². The zero-order valence-corrected chi connectivity index (χ0v) is 11.0. The SMILES string of the molecule is CCOC(=O)CN(C(=O)CCCCCl)C1CC1. The molecule has 0 unspecified atom stereocenters. The Balaban J connectivity index is 2.36. The van der Waals surface area contributed by atoms with Crippen molar-refractivity contribution in [2.45, 2.75) is 45.1 Å². The Morgan fingerprint density at radius 1 is 1.35 bits per heavy atom. The van der Waals surface area contributed by atoms with Gasteiger partial charge in [0.2, 0.25) is 5.91 Å². The molecule has 5 heteroatoms. The lowest BCUT2D eigenvalue weighted by atomic mass is 10.2. The first-order valence-corrected chi connectivity index (χ1v) is 6.73. The predicted octanol–water partition coefficient (Wildman–Crippen LogP) is 1.95. The normalized spacial score (nSPS) is 14.5. The number of alkyl halides is 1. The molecule has 1 aliphatic rings. The minimum atomic E-state index is -0.315. The molecule has 1 aliphatic carbocycles. The second-order valence-corrected chi connectivity index (χ2v) is 4.58. The van der Waals surface area contributed by atoms with Crippen LogP contribution in [0.15, 0.2) is 0 Å². The van der Waals surface area contributed by atoms with E-state index in [1.54, 1.807) is 11.8 Å². The summed E-state index contributed by atoms with van der Waals surface area (Å²) in [6.45, 7) is 2.22. The maximum absolute atomic E-state index is 11.9. The second-order valence-electron chi connectivity index (χ2n) is 4.20. The Morgan fingerprint density at radius 3 is 2.59 bits per heavy atom. The number of halogens is 1. The van der Waals surface area contributed by atoms with Crippen LogP contribution < -0.4 is 0 Å². The van der Waals surface area contributed by atoms with Crippen molar-refractivity contribution in [2.24, 2.45) is 0 Å². The Kier molecular flexibility index (Phi) is 6.34. The fraction of sp³-hybridized carbons (Fsp3) is 0.833. The highest BCUT2D eigenvalue weighted by Gasteiger charge is 2.33. The van der Waals surface area contributed by atoms with Crippen LogP contribution in [0.1, 0.15) is 39.0 Å². The lowest BCUT2D eigenvalue weighted by Crippen LogP contribution is -2.38. The summed E-state index contributed by atoms with van der Waals surface area (Å²) >= 11 is 5.57. The summed E-state index contributed by atoms with van der Waals surface area (Å²) < 4.78 is 4.87. The van der Waals surface area contributed by atoms with Crippen LogP contribution in [0.2, 0.25) is 0 Å². The van der Waals surface area contributed by atoms with Crippen LogP contribution in [0.25, 0.3) is 0 Å². The van der Waals surface area contributed by atoms with E-state index in [2.05, 4.69) is 0 Å². The smallest absolute Gasteiger partial charge is 0.325 e. The van der Waals surface area contributed by atoms with Gasteiger partial charge < -0.3 is 9.64 Å². The van der Waals surface area contributed by atoms with Crippen LogP contribution in [0.5, 0.6) is 0 Å². The summed E-state index contributed by atoms with van der Waals surface area (Å²) in [5.41, 5.74) is 0. The van der Waals surface area contributed by atoms with Crippen molar-refractivity contribution in [2.75, 3.05) is 19.0 Å². The van der Waals surface area contributed by atoms with Crippen molar-refractivity contribution in [3.63, 3.8) is 0 Å². The van der Waals surface area contributed by atoms with Crippen LogP contribution in [0.3, 0.4) is 0 Å². The summed E-state index contributed by atoms with van der Waals surface area (Å²) in [7, 11) is 0. The quantitative estimate of drug-likeness (QED) is 0.381. The van der Waals surface area contributed by atoms with Crippen molar-refractivity contribution in [3.05, 3.63) is 0 Å². The average Bonchev–Trinajstić information content (AvgIpc) is 3.10. The molecule has 0 atom stereocenters. The molecular formula is C12H20ClNO3. The minimum absolute atomic E-state index is 0.0469. The molecule has 4 nitrogen and oxygen atoms in total. The number of amides is 1. The molecule has 0 aromatic heterocycles. The van der Waals surface area contributed by atoms with Gasteiger partial charge in [0.1, 0.15) is 6.54 Å². The number of nitrogens with zero attached hydrogens (tertiary/aromatic N) is 1. The molecule has 0 heterocycles. The predicted molar refractivity (Wildman–Crippen MR) is 65.9 cm³/mol. The van der Waals surface area contributed by atoms with Crippen LogP contribution in [0, 0.1) is 0 Å². The molecule has 0 spiro atoms. The Bertz CT molecular complexity index is 266. The van der Waals surface area contributed by atoms with Crippen LogP contribution in [0.4, 0.5) is 0 Å². The molecule has 0 aromatic rings. The number of carbonyl (C=O) groups excluding carboxylic acids is 2. The molecule has 17 heavy (non-hydrogen) atoms. The molecule has 1 fully saturated rings. The third kappa shape index (κ3) is 5.39. The molecule has 0 aromatic carbocycles. The van der Waals surface area contributed by atoms with Gasteiger partial charge in [0.05, 0.1) is 6.61 Å². The van der Waals surface area contributed by atoms with Gasteiger partial charge in [0.15, 0.2) is 0 Å². The van der Waals surface area contributed by atoms with E-state index in [0.29, 0.717) is 18.9 Å². The first-order chi connectivity index (χ1) is 8.19. The molecule has 0 bridgehead atoms. The van der Waals surface area contributed by atoms with E-state index < -0.39 is 0 Å². The molecule has 1 amide bonds. The highest BCUT2D eigenvalue weighted by atomic mass is 35.5. The number of hydrogen-bond acceptors (Lipinski definition) is 3. The third-order valence-corrected chi connectivity index (χ3v) is 2.95. The van der Waals surface area contributed by atoms with Gasteiger partial charge in [-0.25, -0.2) is 0 Å². The summed E-state index contributed by atoms with van der Waals surface area (Å²) in [6.07, 6.45) is 4.10. The maximum atomic E-state index is 11.9. The van der Waals surface area contributed by atoms with Gasteiger partial charge in [-0.2, -0.15) is 0 Å². The van der Waals surface area contributed by atoms with Crippen LogP contribution in [-0.4, -0.2) is 41.8 Å². The zero-order chi connectivity index (χ0) is 12.7. The fourth-order valence-electron chi connectivity index (χ4n) is 1.67.